The molecule has 1 aromatic heterocycles. The first-order chi connectivity index (χ1) is 7.28. The van der Waals surface area contributed by atoms with Gasteiger partial charge < -0.3 is 16.5 Å². The number of hydrazine groups is 1. The molecule has 0 atom stereocenters. The van der Waals surface area contributed by atoms with Gasteiger partial charge in [-0.05, 0) is 12.3 Å². The number of nitrogens with one attached hydrogen (secondary N) is 2. The van der Waals surface area contributed by atoms with Gasteiger partial charge in [-0.3, -0.25) is 0 Å². The topological polar surface area (TPSA) is 102 Å². The van der Waals surface area contributed by atoms with E-state index in [1.165, 1.54) is 19.3 Å². The van der Waals surface area contributed by atoms with Crippen molar-refractivity contribution in [2.45, 2.75) is 19.3 Å². The van der Waals surface area contributed by atoms with Crippen molar-refractivity contribution in [3.05, 3.63) is 6.07 Å². The van der Waals surface area contributed by atoms with Crippen LogP contribution in [0.2, 0.25) is 0 Å². The van der Waals surface area contributed by atoms with Crippen molar-refractivity contribution in [2.75, 3.05) is 23.0 Å². The van der Waals surface area contributed by atoms with Gasteiger partial charge in [0.2, 0.25) is 5.95 Å². The third kappa shape index (κ3) is 2.95. The molecular weight excluding hydrogens is 192 g/mol. The summed E-state index contributed by atoms with van der Waals surface area (Å²) in [6.45, 7) is 0.922. The van der Waals surface area contributed by atoms with Crippen LogP contribution in [0.5, 0.6) is 0 Å². The molecule has 0 saturated heterocycles. The highest BCUT2D eigenvalue weighted by molar-refractivity contribution is 5.50. The Bertz CT molecular complexity index is 335. The van der Waals surface area contributed by atoms with Gasteiger partial charge in [-0.25, -0.2) is 5.84 Å². The molecule has 0 spiro atoms. The summed E-state index contributed by atoms with van der Waals surface area (Å²) in [5, 5.41) is 3.20. The number of hydrogen-bond acceptors (Lipinski definition) is 6. The van der Waals surface area contributed by atoms with E-state index in [-0.39, 0.29) is 5.95 Å². The zero-order valence-electron chi connectivity index (χ0n) is 8.53. The van der Waals surface area contributed by atoms with Gasteiger partial charge in [0.05, 0.1) is 0 Å². The van der Waals surface area contributed by atoms with Crippen molar-refractivity contribution < 1.29 is 0 Å². The van der Waals surface area contributed by atoms with E-state index in [9.17, 15) is 0 Å². The van der Waals surface area contributed by atoms with Gasteiger partial charge >= 0.3 is 0 Å². The van der Waals surface area contributed by atoms with Gasteiger partial charge in [-0.2, -0.15) is 9.97 Å². The molecule has 6 nitrogen and oxygen atoms in total. The molecular formula is C9H16N6. The summed E-state index contributed by atoms with van der Waals surface area (Å²) in [5.74, 6) is 7.62. The van der Waals surface area contributed by atoms with E-state index in [0.29, 0.717) is 5.82 Å². The monoisotopic (exact) mass is 208 g/mol. The number of nitrogens with two attached hydrogens (primary N) is 2. The highest BCUT2D eigenvalue weighted by Crippen LogP contribution is 2.32. The molecule has 6 heteroatoms. The molecule has 6 N–H and O–H groups in total. The normalized spacial score (nSPS) is 15.0. The fourth-order valence-corrected chi connectivity index (χ4v) is 1.44. The molecule has 0 unspecified atom stereocenters. The van der Waals surface area contributed by atoms with E-state index in [1.807, 2.05) is 0 Å². The summed E-state index contributed by atoms with van der Waals surface area (Å²) in [5.41, 5.74) is 7.97. The molecule has 0 bridgehead atoms. The number of anilines is 3. The van der Waals surface area contributed by atoms with Crippen LogP contribution >= 0.6 is 0 Å². The number of rotatable bonds is 5. The van der Waals surface area contributed by atoms with Crippen molar-refractivity contribution in [2.24, 2.45) is 11.8 Å². The van der Waals surface area contributed by atoms with Gasteiger partial charge in [-0.15, -0.1) is 0 Å². The lowest BCUT2D eigenvalue weighted by Crippen LogP contribution is -2.12. The first-order valence-corrected chi connectivity index (χ1v) is 5.13. The molecule has 15 heavy (non-hydrogen) atoms. The molecule has 1 fully saturated rings. The summed E-state index contributed by atoms with van der Waals surface area (Å²) < 4.78 is 0. The Balaban J connectivity index is 1.90. The first kappa shape index (κ1) is 9.97. The van der Waals surface area contributed by atoms with Crippen molar-refractivity contribution in [1.29, 1.82) is 0 Å². The highest BCUT2D eigenvalue weighted by Gasteiger charge is 2.20. The molecule has 0 radical (unpaired) electrons. The van der Waals surface area contributed by atoms with E-state index >= 15 is 0 Å². The summed E-state index contributed by atoms with van der Waals surface area (Å²) in [6.07, 6.45) is 3.92. The third-order valence-corrected chi connectivity index (χ3v) is 2.45. The molecule has 0 aliphatic heterocycles. The molecule has 2 rings (SSSR count). The summed E-state index contributed by atoms with van der Waals surface area (Å²) >= 11 is 0. The Morgan fingerprint density at radius 1 is 1.33 bits per heavy atom. The van der Waals surface area contributed by atoms with Crippen LogP contribution in [0.3, 0.4) is 0 Å². The van der Waals surface area contributed by atoms with Crippen LogP contribution < -0.4 is 22.3 Å². The molecule has 1 heterocycles. The maximum atomic E-state index is 5.52. The maximum Gasteiger partial charge on any atom is 0.223 e. The average Bonchev–Trinajstić information content (AvgIpc) is 3.01. The predicted octanol–water partition coefficient (Wildman–Crippen LogP) is 0.556. The molecule has 0 amide bonds. The van der Waals surface area contributed by atoms with Crippen LogP contribution in [0.4, 0.5) is 17.6 Å². The van der Waals surface area contributed by atoms with E-state index < -0.39 is 0 Å². The average molecular weight is 208 g/mol. The minimum atomic E-state index is 0.222. The van der Waals surface area contributed by atoms with Crippen LogP contribution in [-0.4, -0.2) is 16.5 Å². The van der Waals surface area contributed by atoms with Crippen LogP contribution in [-0.2, 0) is 0 Å². The highest BCUT2D eigenvalue weighted by atomic mass is 15.3. The van der Waals surface area contributed by atoms with Crippen molar-refractivity contribution >= 4 is 17.6 Å². The third-order valence-electron chi connectivity index (χ3n) is 2.45. The minimum absolute atomic E-state index is 0.222. The van der Waals surface area contributed by atoms with Gasteiger partial charge in [0, 0.05) is 12.6 Å². The van der Waals surface area contributed by atoms with E-state index in [4.69, 9.17) is 11.6 Å². The van der Waals surface area contributed by atoms with Gasteiger partial charge in [-0.1, -0.05) is 12.8 Å². The summed E-state index contributed by atoms with van der Waals surface area (Å²) in [4.78, 5) is 7.96. The molecule has 1 aliphatic carbocycles. The second kappa shape index (κ2) is 4.31. The van der Waals surface area contributed by atoms with E-state index in [1.54, 1.807) is 6.07 Å². The Labute approximate surface area is 88.4 Å². The quantitative estimate of drug-likeness (QED) is 0.416. The van der Waals surface area contributed by atoms with Crippen LogP contribution in [0.25, 0.3) is 0 Å². The van der Waals surface area contributed by atoms with Crippen molar-refractivity contribution in [3.63, 3.8) is 0 Å². The predicted molar refractivity (Wildman–Crippen MR) is 60.1 cm³/mol. The molecule has 1 aliphatic rings. The van der Waals surface area contributed by atoms with Crippen LogP contribution in [0.1, 0.15) is 19.3 Å². The maximum absolute atomic E-state index is 5.52. The summed E-state index contributed by atoms with van der Waals surface area (Å²) in [7, 11) is 0. The number of aromatic nitrogens is 2. The number of nitrogen functional groups attached to an aromatic ring is 2. The molecule has 0 aromatic carbocycles. The Morgan fingerprint density at radius 2 is 2.07 bits per heavy atom. The molecule has 82 valence electrons. The number of nitrogens with zero attached hydrogens (tertiary/aromatic N) is 2. The lowest BCUT2D eigenvalue weighted by Gasteiger charge is -2.07. The zero-order valence-corrected chi connectivity index (χ0v) is 8.53. The second-order valence-corrected chi connectivity index (χ2v) is 3.80. The molecule has 1 aromatic rings. The fourth-order valence-electron chi connectivity index (χ4n) is 1.44. The lowest BCUT2D eigenvalue weighted by molar-refractivity contribution is 0.758. The van der Waals surface area contributed by atoms with Crippen molar-refractivity contribution in [3.8, 4) is 0 Å². The van der Waals surface area contributed by atoms with Gasteiger partial charge in [0.1, 0.15) is 11.6 Å². The second-order valence-electron chi connectivity index (χ2n) is 3.80. The SMILES string of the molecule is NNc1cc(NCCC2CC2)nc(N)n1. The summed E-state index contributed by atoms with van der Waals surface area (Å²) in [6, 6.07) is 1.74. The number of hydrogen-bond donors (Lipinski definition) is 4. The fraction of sp³-hybridized carbons (Fsp3) is 0.556. The Hall–Kier alpha value is -1.56. The zero-order chi connectivity index (χ0) is 10.7. The smallest absolute Gasteiger partial charge is 0.223 e. The van der Waals surface area contributed by atoms with Crippen LogP contribution in [0.15, 0.2) is 6.07 Å². The Morgan fingerprint density at radius 3 is 2.73 bits per heavy atom. The lowest BCUT2D eigenvalue weighted by atomic mass is 10.3. The van der Waals surface area contributed by atoms with E-state index in [0.717, 1.165) is 18.3 Å². The first-order valence-electron chi connectivity index (χ1n) is 5.13. The van der Waals surface area contributed by atoms with Crippen molar-refractivity contribution in [1.82, 2.24) is 9.97 Å². The van der Waals surface area contributed by atoms with E-state index in [2.05, 4.69) is 20.7 Å². The standard InChI is InChI=1S/C9H16N6/c10-9-13-7(5-8(14-9)15-11)12-4-3-6-1-2-6/h5-6H,1-4,11H2,(H4,10,12,13,14,15). The molecule has 1 saturated carbocycles. The van der Waals surface area contributed by atoms with Gasteiger partial charge in [0.15, 0.2) is 0 Å². The van der Waals surface area contributed by atoms with Gasteiger partial charge in [0.25, 0.3) is 0 Å². The van der Waals surface area contributed by atoms with Crippen LogP contribution in [0, 0.1) is 5.92 Å². The Kier molecular flexibility index (Phi) is 2.86. The largest absolute Gasteiger partial charge is 0.370 e. The minimum Gasteiger partial charge on any atom is -0.370 e.